The number of hydrogen-bond donors (Lipinski definition) is 1. The first kappa shape index (κ1) is 13.8. The number of nitrogens with zero attached hydrogens (tertiary/aromatic N) is 1. The Bertz CT molecular complexity index is 411. The molecule has 0 saturated carbocycles. The number of halogens is 2. The predicted molar refractivity (Wildman–Crippen MR) is 73.1 cm³/mol. The van der Waals surface area contributed by atoms with E-state index in [1.165, 1.54) is 12.5 Å². The molecule has 1 heterocycles. The van der Waals surface area contributed by atoms with Crippen LogP contribution in [0.25, 0.3) is 0 Å². The zero-order chi connectivity index (χ0) is 13.1. The molecule has 2 nitrogen and oxygen atoms in total. The molecule has 0 aliphatic carbocycles. The Morgan fingerprint density at radius 1 is 1.50 bits per heavy atom. The van der Waals surface area contributed by atoms with Gasteiger partial charge in [-0.2, -0.15) is 0 Å². The first-order chi connectivity index (χ1) is 8.61. The number of nitrogens with two attached hydrogens (primary N) is 1. The van der Waals surface area contributed by atoms with Gasteiger partial charge in [-0.1, -0.05) is 24.6 Å². The van der Waals surface area contributed by atoms with Crippen molar-refractivity contribution in [3.05, 3.63) is 34.6 Å². The van der Waals surface area contributed by atoms with Gasteiger partial charge < -0.3 is 5.73 Å². The summed E-state index contributed by atoms with van der Waals surface area (Å²) in [5, 5.41) is 0.443. The molecule has 2 rings (SSSR count). The molecule has 2 unspecified atom stereocenters. The third-order valence-electron chi connectivity index (χ3n) is 3.86. The minimum Gasteiger partial charge on any atom is -0.329 e. The van der Waals surface area contributed by atoms with Crippen LogP contribution in [0.4, 0.5) is 4.39 Å². The van der Waals surface area contributed by atoms with Crippen LogP contribution in [0.3, 0.4) is 0 Å². The van der Waals surface area contributed by atoms with Gasteiger partial charge in [-0.15, -0.1) is 0 Å². The maximum atomic E-state index is 13.8. The largest absolute Gasteiger partial charge is 0.329 e. The Kier molecular flexibility index (Phi) is 4.60. The molecule has 0 amide bonds. The summed E-state index contributed by atoms with van der Waals surface area (Å²) in [6.45, 7) is 4.47. The molecule has 0 aromatic heterocycles. The second kappa shape index (κ2) is 6.00. The van der Waals surface area contributed by atoms with Crippen LogP contribution in [0, 0.1) is 11.7 Å². The average Bonchev–Trinajstić information content (AvgIpc) is 2.33. The highest BCUT2D eigenvalue weighted by Crippen LogP contribution is 2.25. The molecule has 2 atom stereocenters. The van der Waals surface area contributed by atoms with Gasteiger partial charge in [0.1, 0.15) is 5.82 Å². The molecule has 2 N–H and O–H groups in total. The van der Waals surface area contributed by atoms with E-state index in [1.54, 1.807) is 12.1 Å². The second-order valence-corrected chi connectivity index (χ2v) is 5.57. The molecule has 1 aliphatic rings. The van der Waals surface area contributed by atoms with E-state index >= 15 is 0 Å². The molecule has 1 aromatic carbocycles. The molecule has 0 bridgehead atoms. The molecule has 1 fully saturated rings. The first-order valence-electron chi connectivity index (χ1n) is 6.50. The van der Waals surface area contributed by atoms with E-state index in [1.807, 2.05) is 0 Å². The summed E-state index contributed by atoms with van der Waals surface area (Å²) in [6, 6.07) is 5.24. The Balaban J connectivity index is 2.11. The minimum atomic E-state index is -0.225. The van der Waals surface area contributed by atoms with Crippen LogP contribution >= 0.6 is 11.6 Å². The standard InChI is InChI=1S/C14H20ClFN2/c1-10-3-2-6-18(14(10)8-17)9-11-4-5-12(15)7-13(11)16/h4-5,7,10,14H,2-3,6,8-9,17H2,1H3. The Morgan fingerprint density at radius 3 is 2.94 bits per heavy atom. The maximum absolute atomic E-state index is 13.8. The van der Waals surface area contributed by atoms with E-state index in [2.05, 4.69) is 11.8 Å². The maximum Gasteiger partial charge on any atom is 0.129 e. The van der Waals surface area contributed by atoms with Crippen LogP contribution in [0.5, 0.6) is 0 Å². The van der Waals surface area contributed by atoms with Crippen LogP contribution in [0.15, 0.2) is 18.2 Å². The summed E-state index contributed by atoms with van der Waals surface area (Å²) in [4.78, 5) is 2.29. The van der Waals surface area contributed by atoms with Gasteiger partial charge in [0.25, 0.3) is 0 Å². The number of likely N-dealkylation sites (tertiary alicyclic amines) is 1. The highest BCUT2D eigenvalue weighted by molar-refractivity contribution is 6.30. The smallest absolute Gasteiger partial charge is 0.129 e. The van der Waals surface area contributed by atoms with Crippen molar-refractivity contribution in [2.75, 3.05) is 13.1 Å². The van der Waals surface area contributed by atoms with Crippen LogP contribution < -0.4 is 5.73 Å². The molecule has 100 valence electrons. The van der Waals surface area contributed by atoms with Gasteiger partial charge >= 0.3 is 0 Å². The summed E-state index contributed by atoms with van der Waals surface area (Å²) < 4.78 is 13.8. The number of piperidine rings is 1. The molecule has 1 aliphatic heterocycles. The summed E-state index contributed by atoms with van der Waals surface area (Å²) in [5.74, 6) is 0.357. The van der Waals surface area contributed by atoms with Gasteiger partial charge in [0.05, 0.1) is 0 Å². The zero-order valence-corrected chi connectivity index (χ0v) is 11.5. The molecule has 0 radical (unpaired) electrons. The van der Waals surface area contributed by atoms with Crippen molar-refractivity contribution in [2.45, 2.75) is 32.4 Å². The third kappa shape index (κ3) is 3.02. The zero-order valence-electron chi connectivity index (χ0n) is 10.7. The number of benzene rings is 1. The molecule has 4 heteroatoms. The van der Waals surface area contributed by atoms with Crippen molar-refractivity contribution in [3.8, 4) is 0 Å². The third-order valence-corrected chi connectivity index (χ3v) is 4.10. The van der Waals surface area contributed by atoms with Gasteiger partial charge in [0.15, 0.2) is 0 Å². The molecular formula is C14H20ClFN2. The lowest BCUT2D eigenvalue weighted by molar-refractivity contribution is 0.0979. The summed E-state index contributed by atoms with van der Waals surface area (Å²) in [6.07, 6.45) is 2.37. The number of rotatable bonds is 3. The lowest BCUT2D eigenvalue weighted by Crippen LogP contribution is -2.48. The van der Waals surface area contributed by atoms with E-state index in [0.717, 1.165) is 13.0 Å². The summed E-state index contributed by atoms with van der Waals surface area (Å²) >= 11 is 5.77. The highest BCUT2D eigenvalue weighted by Gasteiger charge is 2.27. The Hall–Kier alpha value is -0.640. The normalized spacial score (nSPS) is 25.3. The quantitative estimate of drug-likeness (QED) is 0.915. The topological polar surface area (TPSA) is 29.3 Å². The van der Waals surface area contributed by atoms with E-state index in [4.69, 9.17) is 17.3 Å². The van der Waals surface area contributed by atoms with E-state index in [9.17, 15) is 4.39 Å². The summed E-state index contributed by atoms with van der Waals surface area (Å²) in [7, 11) is 0. The van der Waals surface area contributed by atoms with Gasteiger partial charge in [-0.3, -0.25) is 4.90 Å². The minimum absolute atomic E-state index is 0.225. The lowest BCUT2D eigenvalue weighted by Gasteiger charge is -2.39. The van der Waals surface area contributed by atoms with Crippen molar-refractivity contribution in [3.63, 3.8) is 0 Å². The van der Waals surface area contributed by atoms with Crippen LogP contribution in [0.1, 0.15) is 25.3 Å². The highest BCUT2D eigenvalue weighted by atomic mass is 35.5. The van der Waals surface area contributed by atoms with Gasteiger partial charge in [0, 0.05) is 29.7 Å². The van der Waals surface area contributed by atoms with Crippen LogP contribution in [-0.2, 0) is 6.54 Å². The second-order valence-electron chi connectivity index (χ2n) is 5.13. The van der Waals surface area contributed by atoms with Crippen molar-refractivity contribution in [2.24, 2.45) is 11.7 Å². The van der Waals surface area contributed by atoms with Crippen molar-refractivity contribution < 1.29 is 4.39 Å². The molecule has 0 spiro atoms. The fraction of sp³-hybridized carbons (Fsp3) is 0.571. The average molecular weight is 271 g/mol. The van der Waals surface area contributed by atoms with Gasteiger partial charge in [-0.05, 0) is 37.4 Å². The predicted octanol–water partition coefficient (Wildman–Crippen LogP) is 3.04. The van der Waals surface area contributed by atoms with Gasteiger partial charge in [0.2, 0.25) is 0 Å². The van der Waals surface area contributed by atoms with Crippen molar-refractivity contribution >= 4 is 11.6 Å². The molecule has 1 aromatic rings. The summed E-state index contributed by atoms with van der Waals surface area (Å²) in [5.41, 5.74) is 6.54. The SMILES string of the molecule is CC1CCCN(Cc2ccc(Cl)cc2F)C1CN. The lowest BCUT2D eigenvalue weighted by atomic mass is 9.90. The van der Waals surface area contributed by atoms with Crippen molar-refractivity contribution in [1.29, 1.82) is 0 Å². The Labute approximate surface area is 113 Å². The van der Waals surface area contributed by atoms with Crippen molar-refractivity contribution in [1.82, 2.24) is 4.90 Å². The van der Waals surface area contributed by atoms with Crippen LogP contribution in [-0.4, -0.2) is 24.0 Å². The monoisotopic (exact) mass is 270 g/mol. The number of hydrogen-bond acceptors (Lipinski definition) is 2. The van der Waals surface area contributed by atoms with Crippen LogP contribution in [0.2, 0.25) is 5.02 Å². The molecule has 18 heavy (non-hydrogen) atoms. The van der Waals surface area contributed by atoms with E-state index < -0.39 is 0 Å². The van der Waals surface area contributed by atoms with E-state index in [0.29, 0.717) is 35.6 Å². The van der Waals surface area contributed by atoms with Gasteiger partial charge in [-0.25, -0.2) is 4.39 Å². The first-order valence-corrected chi connectivity index (χ1v) is 6.87. The molecular weight excluding hydrogens is 251 g/mol. The molecule has 1 saturated heterocycles. The Morgan fingerprint density at radius 2 is 2.28 bits per heavy atom. The fourth-order valence-corrected chi connectivity index (χ4v) is 2.94. The van der Waals surface area contributed by atoms with E-state index in [-0.39, 0.29) is 5.82 Å². The fourth-order valence-electron chi connectivity index (χ4n) is 2.78.